The average molecular weight is 443 g/mol. The summed E-state index contributed by atoms with van der Waals surface area (Å²) in [5.41, 5.74) is 2.95. The molecule has 29 heavy (non-hydrogen) atoms. The van der Waals surface area contributed by atoms with Crippen LogP contribution in [0.15, 0.2) is 65.2 Å². The predicted molar refractivity (Wildman–Crippen MR) is 118 cm³/mol. The lowest BCUT2D eigenvalue weighted by Gasteiger charge is -2.02. The van der Waals surface area contributed by atoms with Crippen molar-refractivity contribution in [3.8, 4) is 11.3 Å². The van der Waals surface area contributed by atoms with Gasteiger partial charge in [0, 0.05) is 33.1 Å². The van der Waals surface area contributed by atoms with Gasteiger partial charge in [-0.1, -0.05) is 47.5 Å². The van der Waals surface area contributed by atoms with E-state index < -0.39 is 0 Å². The van der Waals surface area contributed by atoms with Crippen molar-refractivity contribution >= 4 is 45.6 Å². The summed E-state index contributed by atoms with van der Waals surface area (Å²) < 4.78 is 5.68. The van der Waals surface area contributed by atoms with E-state index in [1.165, 1.54) is 11.3 Å². The molecule has 7 heteroatoms. The largest absolute Gasteiger partial charge is 0.451 e. The summed E-state index contributed by atoms with van der Waals surface area (Å²) in [4.78, 5) is 17.8. The van der Waals surface area contributed by atoms with Crippen LogP contribution < -0.4 is 5.32 Å². The van der Waals surface area contributed by atoms with Crippen molar-refractivity contribution in [3.05, 3.63) is 92.6 Å². The number of nitrogens with one attached hydrogen (secondary N) is 1. The van der Waals surface area contributed by atoms with E-state index in [-0.39, 0.29) is 11.7 Å². The maximum Gasteiger partial charge on any atom is 0.293 e. The van der Waals surface area contributed by atoms with Crippen LogP contribution in [0.3, 0.4) is 0 Å². The highest BCUT2D eigenvalue weighted by atomic mass is 35.5. The number of anilines is 1. The van der Waals surface area contributed by atoms with Gasteiger partial charge in [0.2, 0.25) is 0 Å². The quantitative estimate of drug-likeness (QED) is 0.367. The standard InChI is InChI=1S/C22H16Cl2N2O2S/c1-13-5-6-14(10-18(13)24)9-17-12-25-22(29-17)26-21(27)20-8-7-19(28-20)15-3-2-4-16(23)11-15/h2-8,10-12H,9H2,1H3,(H,25,26,27). The second kappa shape index (κ2) is 8.41. The topological polar surface area (TPSA) is 55.1 Å². The summed E-state index contributed by atoms with van der Waals surface area (Å²) in [7, 11) is 0. The van der Waals surface area contributed by atoms with Gasteiger partial charge in [0.15, 0.2) is 10.9 Å². The monoisotopic (exact) mass is 442 g/mol. The molecule has 2 heterocycles. The van der Waals surface area contributed by atoms with Crippen LogP contribution in [0.2, 0.25) is 10.0 Å². The van der Waals surface area contributed by atoms with Gasteiger partial charge in [0.05, 0.1) is 0 Å². The maximum absolute atomic E-state index is 12.5. The summed E-state index contributed by atoms with van der Waals surface area (Å²) in [6, 6.07) is 16.6. The molecule has 0 saturated carbocycles. The summed E-state index contributed by atoms with van der Waals surface area (Å²) in [5.74, 6) is 0.438. The minimum absolute atomic E-state index is 0.210. The number of hydrogen-bond donors (Lipinski definition) is 1. The molecule has 0 saturated heterocycles. The lowest BCUT2D eigenvalue weighted by Crippen LogP contribution is -2.10. The van der Waals surface area contributed by atoms with Crippen molar-refractivity contribution in [1.82, 2.24) is 4.98 Å². The molecule has 1 N–H and O–H groups in total. The molecule has 1 amide bonds. The fraction of sp³-hybridized carbons (Fsp3) is 0.0909. The SMILES string of the molecule is Cc1ccc(Cc2cnc(NC(=O)c3ccc(-c4cccc(Cl)c4)o3)s2)cc1Cl. The Morgan fingerprint density at radius 1 is 1.14 bits per heavy atom. The molecule has 0 atom stereocenters. The summed E-state index contributed by atoms with van der Waals surface area (Å²) in [5, 5.41) is 4.65. The summed E-state index contributed by atoms with van der Waals surface area (Å²) in [6.45, 7) is 1.97. The Kier molecular flexibility index (Phi) is 5.72. The number of amides is 1. The van der Waals surface area contributed by atoms with Crippen LogP contribution in [0, 0.1) is 6.92 Å². The fourth-order valence-electron chi connectivity index (χ4n) is 2.81. The fourth-order valence-corrected chi connectivity index (χ4v) is 4.05. The zero-order valence-electron chi connectivity index (χ0n) is 15.4. The van der Waals surface area contributed by atoms with Gasteiger partial charge in [-0.05, 0) is 48.4 Å². The van der Waals surface area contributed by atoms with Gasteiger partial charge >= 0.3 is 0 Å². The first kappa shape index (κ1) is 19.7. The molecule has 4 rings (SSSR count). The highest BCUT2D eigenvalue weighted by molar-refractivity contribution is 7.15. The number of halogens is 2. The van der Waals surface area contributed by atoms with E-state index >= 15 is 0 Å². The highest BCUT2D eigenvalue weighted by Crippen LogP contribution is 2.27. The molecule has 2 aromatic heterocycles. The minimum Gasteiger partial charge on any atom is -0.451 e. The predicted octanol–water partition coefficient (Wildman–Crippen LogP) is 6.86. The molecular formula is C22H16Cl2N2O2S. The zero-order valence-corrected chi connectivity index (χ0v) is 17.7. The first-order valence-electron chi connectivity index (χ1n) is 8.85. The highest BCUT2D eigenvalue weighted by Gasteiger charge is 2.15. The van der Waals surface area contributed by atoms with Crippen LogP contribution in [0.5, 0.6) is 0 Å². The van der Waals surface area contributed by atoms with Crippen LogP contribution in [-0.4, -0.2) is 10.9 Å². The van der Waals surface area contributed by atoms with Crippen molar-refractivity contribution in [2.24, 2.45) is 0 Å². The van der Waals surface area contributed by atoms with Crippen LogP contribution in [0.25, 0.3) is 11.3 Å². The van der Waals surface area contributed by atoms with Crippen LogP contribution in [-0.2, 0) is 6.42 Å². The molecule has 0 bridgehead atoms. The van der Waals surface area contributed by atoms with Gasteiger partial charge in [-0.2, -0.15) is 0 Å². The first-order valence-corrected chi connectivity index (χ1v) is 10.4. The molecule has 0 radical (unpaired) electrons. The number of thiazole rings is 1. The maximum atomic E-state index is 12.5. The number of carbonyl (C=O) groups excluding carboxylic acids is 1. The molecule has 4 aromatic rings. The molecule has 0 aliphatic rings. The van der Waals surface area contributed by atoms with Crippen LogP contribution >= 0.6 is 34.5 Å². The zero-order chi connectivity index (χ0) is 20.4. The Bertz CT molecular complexity index is 1180. The Labute approximate surface area is 182 Å². The van der Waals surface area contributed by atoms with E-state index in [9.17, 15) is 4.79 Å². The number of rotatable bonds is 5. The van der Waals surface area contributed by atoms with Crippen molar-refractivity contribution in [1.29, 1.82) is 0 Å². The molecule has 0 spiro atoms. The molecule has 2 aromatic carbocycles. The second-order valence-electron chi connectivity index (χ2n) is 6.52. The molecule has 0 aliphatic carbocycles. The van der Waals surface area contributed by atoms with E-state index in [1.807, 2.05) is 37.3 Å². The molecular weight excluding hydrogens is 427 g/mol. The number of aromatic nitrogens is 1. The van der Waals surface area contributed by atoms with E-state index in [0.717, 1.165) is 26.6 Å². The Hall–Kier alpha value is -2.60. The number of hydrogen-bond acceptors (Lipinski definition) is 4. The second-order valence-corrected chi connectivity index (χ2v) is 8.48. The smallest absolute Gasteiger partial charge is 0.293 e. The average Bonchev–Trinajstić information content (AvgIpc) is 3.35. The lowest BCUT2D eigenvalue weighted by molar-refractivity contribution is 0.0997. The third-order valence-corrected chi connectivity index (χ3v) is 5.88. The van der Waals surface area contributed by atoms with Gasteiger partial charge < -0.3 is 4.42 Å². The van der Waals surface area contributed by atoms with E-state index in [2.05, 4.69) is 10.3 Å². The number of benzene rings is 2. The normalized spacial score (nSPS) is 10.9. The third kappa shape index (κ3) is 4.70. The van der Waals surface area contributed by atoms with E-state index in [1.54, 1.807) is 30.5 Å². The third-order valence-electron chi connectivity index (χ3n) is 4.33. The van der Waals surface area contributed by atoms with Crippen LogP contribution in [0.4, 0.5) is 5.13 Å². The molecule has 146 valence electrons. The van der Waals surface area contributed by atoms with E-state index in [4.69, 9.17) is 27.6 Å². The minimum atomic E-state index is -0.349. The van der Waals surface area contributed by atoms with Gasteiger partial charge in [-0.3, -0.25) is 10.1 Å². The Morgan fingerprint density at radius 3 is 2.79 bits per heavy atom. The molecule has 0 fully saturated rings. The summed E-state index contributed by atoms with van der Waals surface area (Å²) in [6.07, 6.45) is 2.46. The van der Waals surface area contributed by atoms with Crippen LogP contribution in [0.1, 0.15) is 26.6 Å². The first-order chi connectivity index (χ1) is 14.0. The summed E-state index contributed by atoms with van der Waals surface area (Å²) >= 11 is 13.6. The number of furan rings is 1. The Balaban J connectivity index is 1.43. The molecule has 4 nitrogen and oxygen atoms in total. The molecule has 0 aliphatic heterocycles. The molecule has 0 unspecified atom stereocenters. The number of nitrogens with zero attached hydrogens (tertiary/aromatic N) is 1. The lowest BCUT2D eigenvalue weighted by atomic mass is 10.1. The number of carbonyl (C=O) groups is 1. The van der Waals surface area contributed by atoms with Crippen molar-refractivity contribution in [3.63, 3.8) is 0 Å². The van der Waals surface area contributed by atoms with Gasteiger partial charge in [-0.25, -0.2) is 4.98 Å². The van der Waals surface area contributed by atoms with Crippen molar-refractivity contribution < 1.29 is 9.21 Å². The Morgan fingerprint density at radius 2 is 2.00 bits per heavy atom. The number of aryl methyl sites for hydroxylation is 1. The van der Waals surface area contributed by atoms with Gasteiger partial charge in [0.1, 0.15) is 5.76 Å². The van der Waals surface area contributed by atoms with Crippen molar-refractivity contribution in [2.45, 2.75) is 13.3 Å². The van der Waals surface area contributed by atoms with Crippen molar-refractivity contribution in [2.75, 3.05) is 5.32 Å². The van der Waals surface area contributed by atoms with E-state index in [0.29, 0.717) is 22.3 Å². The van der Waals surface area contributed by atoms with Gasteiger partial charge in [0.25, 0.3) is 5.91 Å². The van der Waals surface area contributed by atoms with Gasteiger partial charge in [-0.15, -0.1) is 11.3 Å².